The quantitative estimate of drug-likeness (QED) is 0.754. The molecule has 9 heteroatoms. The molecule has 2 aromatic rings. The number of hydrogen-bond donors (Lipinski definition) is 0. The number of amides is 2. The number of aromatic nitrogens is 3. The Kier molecular flexibility index (Phi) is 5.05. The standard InChI is InChI=1S/C21H25N5O4/c1-4-21-12-25(7-8-26(21)20(29)30-13-21)19(28)17-14(2)5-6-24(18(17)27)11-16-10-22-15(3)9-23-16/h5-6,9-10H,4,7-8,11-13H2,1-3H3. The molecule has 0 bridgehead atoms. The molecule has 2 saturated heterocycles. The summed E-state index contributed by atoms with van der Waals surface area (Å²) in [6.07, 6.45) is 5.29. The fourth-order valence-electron chi connectivity index (χ4n) is 4.12. The zero-order valence-electron chi connectivity index (χ0n) is 17.4. The summed E-state index contributed by atoms with van der Waals surface area (Å²) in [4.78, 5) is 50.4. The van der Waals surface area contributed by atoms with Gasteiger partial charge in [0.25, 0.3) is 11.5 Å². The highest BCUT2D eigenvalue weighted by Crippen LogP contribution is 2.32. The molecule has 0 radical (unpaired) electrons. The molecular formula is C21H25N5O4. The van der Waals surface area contributed by atoms with Crippen LogP contribution in [0.25, 0.3) is 0 Å². The van der Waals surface area contributed by atoms with Crippen LogP contribution >= 0.6 is 0 Å². The number of cyclic esters (lactones) is 1. The van der Waals surface area contributed by atoms with Gasteiger partial charge in [0.15, 0.2) is 0 Å². The Morgan fingerprint density at radius 1 is 1.20 bits per heavy atom. The molecule has 2 aliphatic rings. The van der Waals surface area contributed by atoms with Crippen LogP contribution in [0.5, 0.6) is 0 Å². The molecule has 4 heterocycles. The molecule has 4 rings (SSSR count). The summed E-state index contributed by atoms with van der Waals surface area (Å²) in [6, 6.07) is 1.77. The summed E-state index contributed by atoms with van der Waals surface area (Å²) < 4.78 is 6.72. The van der Waals surface area contributed by atoms with E-state index < -0.39 is 5.54 Å². The maximum absolute atomic E-state index is 13.4. The first-order valence-electron chi connectivity index (χ1n) is 10.1. The lowest BCUT2D eigenvalue weighted by Crippen LogP contribution is -2.62. The van der Waals surface area contributed by atoms with Gasteiger partial charge in [-0.25, -0.2) is 4.79 Å². The van der Waals surface area contributed by atoms with Crippen LogP contribution in [0.1, 0.15) is 40.7 Å². The summed E-state index contributed by atoms with van der Waals surface area (Å²) in [7, 11) is 0. The van der Waals surface area contributed by atoms with Gasteiger partial charge < -0.3 is 14.2 Å². The molecule has 30 heavy (non-hydrogen) atoms. The van der Waals surface area contributed by atoms with Gasteiger partial charge in [-0.05, 0) is 31.9 Å². The molecule has 1 unspecified atom stereocenters. The van der Waals surface area contributed by atoms with Crippen molar-refractivity contribution in [3.8, 4) is 0 Å². The highest BCUT2D eigenvalue weighted by Gasteiger charge is 2.50. The van der Waals surface area contributed by atoms with Crippen molar-refractivity contribution in [3.05, 3.63) is 57.5 Å². The molecule has 0 saturated carbocycles. The average Bonchev–Trinajstić information content (AvgIpc) is 3.08. The normalized spacial score (nSPS) is 20.8. The molecule has 2 fully saturated rings. The number of ether oxygens (including phenoxy) is 1. The van der Waals surface area contributed by atoms with E-state index in [1.54, 1.807) is 41.4 Å². The molecule has 2 amide bonds. The summed E-state index contributed by atoms with van der Waals surface area (Å²) in [6.45, 7) is 7.20. The molecule has 1 atom stereocenters. The number of fused-ring (bicyclic) bond motifs is 1. The first-order valence-corrected chi connectivity index (χ1v) is 10.1. The van der Waals surface area contributed by atoms with E-state index in [1.807, 2.05) is 13.8 Å². The number of rotatable bonds is 4. The molecule has 0 spiro atoms. The minimum absolute atomic E-state index is 0.155. The van der Waals surface area contributed by atoms with Crippen molar-refractivity contribution in [3.63, 3.8) is 0 Å². The third-order valence-electron chi connectivity index (χ3n) is 6.04. The molecule has 0 N–H and O–H groups in total. The van der Waals surface area contributed by atoms with Gasteiger partial charge in [0.1, 0.15) is 12.2 Å². The van der Waals surface area contributed by atoms with Gasteiger partial charge in [0, 0.05) is 32.0 Å². The van der Waals surface area contributed by atoms with Crippen molar-refractivity contribution in [1.82, 2.24) is 24.3 Å². The van der Waals surface area contributed by atoms with E-state index in [9.17, 15) is 14.4 Å². The van der Waals surface area contributed by atoms with Gasteiger partial charge in [0.05, 0.1) is 29.7 Å². The molecule has 158 valence electrons. The largest absolute Gasteiger partial charge is 0.447 e. The summed E-state index contributed by atoms with van der Waals surface area (Å²) >= 11 is 0. The lowest BCUT2D eigenvalue weighted by molar-refractivity contribution is 0.0359. The summed E-state index contributed by atoms with van der Waals surface area (Å²) in [5.74, 6) is -0.311. The number of carbonyl (C=O) groups is 2. The zero-order valence-corrected chi connectivity index (χ0v) is 17.4. The fourth-order valence-corrected chi connectivity index (χ4v) is 4.12. The van der Waals surface area contributed by atoms with Gasteiger partial charge >= 0.3 is 6.09 Å². The number of nitrogens with zero attached hydrogens (tertiary/aromatic N) is 5. The third kappa shape index (κ3) is 3.34. The lowest BCUT2D eigenvalue weighted by Gasteiger charge is -2.44. The number of piperazine rings is 1. The molecule has 9 nitrogen and oxygen atoms in total. The first-order chi connectivity index (χ1) is 14.3. The Morgan fingerprint density at radius 2 is 2.00 bits per heavy atom. The Bertz CT molecular complexity index is 1050. The van der Waals surface area contributed by atoms with E-state index in [1.165, 1.54) is 4.57 Å². The van der Waals surface area contributed by atoms with Crippen LogP contribution in [0.4, 0.5) is 4.79 Å². The van der Waals surface area contributed by atoms with Crippen LogP contribution in [-0.4, -0.2) is 68.1 Å². The van der Waals surface area contributed by atoms with Gasteiger partial charge in [-0.1, -0.05) is 6.92 Å². The number of aryl methyl sites for hydroxylation is 2. The van der Waals surface area contributed by atoms with E-state index in [4.69, 9.17) is 4.74 Å². The van der Waals surface area contributed by atoms with E-state index in [0.29, 0.717) is 37.3 Å². The van der Waals surface area contributed by atoms with Crippen molar-refractivity contribution in [2.24, 2.45) is 0 Å². The smallest absolute Gasteiger partial charge is 0.410 e. The second kappa shape index (κ2) is 7.55. The van der Waals surface area contributed by atoms with Crippen LogP contribution in [0, 0.1) is 13.8 Å². The number of pyridine rings is 1. The van der Waals surface area contributed by atoms with E-state index in [2.05, 4.69) is 9.97 Å². The maximum atomic E-state index is 13.4. The van der Waals surface area contributed by atoms with Crippen molar-refractivity contribution >= 4 is 12.0 Å². The Labute approximate surface area is 174 Å². The van der Waals surface area contributed by atoms with Crippen LogP contribution in [0.3, 0.4) is 0 Å². The zero-order chi connectivity index (χ0) is 21.5. The minimum atomic E-state index is -0.524. The maximum Gasteiger partial charge on any atom is 0.410 e. The van der Waals surface area contributed by atoms with E-state index >= 15 is 0 Å². The van der Waals surface area contributed by atoms with Crippen LogP contribution in [0.15, 0.2) is 29.5 Å². The number of hydrogen-bond acceptors (Lipinski definition) is 6. The lowest BCUT2D eigenvalue weighted by atomic mass is 9.92. The molecule has 2 aliphatic heterocycles. The summed E-state index contributed by atoms with van der Waals surface area (Å²) in [5, 5.41) is 0. The van der Waals surface area contributed by atoms with Crippen molar-refractivity contribution in [2.75, 3.05) is 26.2 Å². The van der Waals surface area contributed by atoms with Crippen molar-refractivity contribution in [2.45, 2.75) is 39.3 Å². The van der Waals surface area contributed by atoms with Gasteiger partial charge in [-0.15, -0.1) is 0 Å². The monoisotopic (exact) mass is 411 g/mol. The van der Waals surface area contributed by atoms with Gasteiger partial charge in [-0.3, -0.25) is 24.5 Å². The van der Waals surface area contributed by atoms with Crippen molar-refractivity contribution in [1.29, 1.82) is 0 Å². The SMILES string of the molecule is CCC12COC(=O)N1CCN(C(=O)c1c(C)ccn(Cc3cnc(C)cn3)c1=O)C2. The van der Waals surface area contributed by atoms with Crippen LogP contribution in [0.2, 0.25) is 0 Å². The predicted molar refractivity (Wildman–Crippen MR) is 108 cm³/mol. The predicted octanol–water partition coefficient (Wildman–Crippen LogP) is 1.36. The third-order valence-corrected chi connectivity index (χ3v) is 6.04. The van der Waals surface area contributed by atoms with E-state index in [0.717, 1.165) is 5.69 Å². The first kappa shape index (κ1) is 20.1. The Morgan fingerprint density at radius 3 is 2.70 bits per heavy atom. The molecule has 0 aromatic carbocycles. The Balaban J connectivity index is 1.62. The molecule has 2 aromatic heterocycles. The topological polar surface area (TPSA) is 97.6 Å². The van der Waals surface area contributed by atoms with Crippen LogP contribution < -0.4 is 5.56 Å². The van der Waals surface area contributed by atoms with Gasteiger partial charge in [-0.2, -0.15) is 0 Å². The second-order valence-electron chi connectivity index (χ2n) is 7.97. The average molecular weight is 411 g/mol. The fraction of sp³-hybridized carbons (Fsp3) is 0.476. The minimum Gasteiger partial charge on any atom is -0.447 e. The highest BCUT2D eigenvalue weighted by atomic mass is 16.6. The van der Waals surface area contributed by atoms with Gasteiger partial charge in [0.2, 0.25) is 0 Å². The molecule has 0 aliphatic carbocycles. The van der Waals surface area contributed by atoms with Crippen LogP contribution in [-0.2, 0) is 11.3 Å². The van der Waals surface area contributed by atoms with E-state index in [-0.39, 0.29) is 36.3 Å². The Hall–Kier alpha value is -3.23. The highest BCUT2D eigenvalue weighted by molar-refractivity contribution is 5.95. The summed E-state index contributed by atoms with van der Waals surface area (Å²) in [5.41, 5.74) is 1.35. The second-order valence-corrected chi connectivity index (χ2v) is 7.97. The number of carbonyl (C=O) groups excluding carboxylic acids is 2. The molecular weight excluding hydrogens is 386 g/mol. The van der Waals surface area contributed by atoms with Crippen molar-refractivity contribution < 1.29 is 14.3 Å².